The van der Waals surface area contributed by atoms with Crippen LogP contribution in [0.25, 0.3) is 0 Å². The Morgan fingerprint density at radius 2 is 2.45 bits per heavy atom. The summed E-state index contributed by atoms with van der Waals surface area (Å²) in [6, 6.07) is 0. The highest BCUT2D eigenvalue weighted by Crippen LogP contribution is 2.15. The third-order valence-electron chi connectivity index (χ3n) is 2.32. The largest absolute Gasteiger partial charge is 0.384 e. The molecule has 0 aromatic carbocycles. The summed E-state index contributed by atoms with van der Waals surface area (Å²) in [6.07, 6.45) is 2.63. The molecule has 1 aliphatic heterocycles. The van der Waals surface area contributed by atoms with Crippen molar-refractivity contribution in [1.29, 1.82) is 0 Å². The highest BCUT2D eigenvalue weighted by molar-refractivity contribution is 4.72. The van der Waals surface area contributed by atoms with Gasteiger partial charge in [0.1, 0.15) is 0 Å². The van der Waals surface area contributed by atoms with Crippen molar-refractivity contribution in [1.82, 2.24) is 4.90 Å². The Hall–Kier alpha value is -0.0800. The predicted octanol–water partition coefficient (Wildman–Crippen LogP) is 1.18. The van der Waals surface area contributed by atoms with Crippen LogP contribution in [0, 0.1) is 12.8 Å². The first-order valence-electron chi connectivity index (χ1n) is 4.37. The fourth-order valence-corrected chi connectivity index (χ4v) is 1.73. The molecule has 0 unspecified atom stereocenters. The predicted molar refractivity (Wildman–Crippen MR) is 46.4 cm³/mol. The quantitative estimate of drug-likeness (QED) is 0.608. The molecule has 1 radical (unpaired) electrons. The van der Waals surface area contributed by atoms with Gasteiger partial charge in [-0.3, -0.25) is 0 Å². The van der Waals surface area contributed by atoms with Gasteiger partial charge in [0.15, 0.2) is 0 Å². The van der Waals surface area contributed by atoms with Crippen LogP contribution in [0.5, 0.6) is 0 Å². The minimum absolute atomic E-state index is 0.746. The molecule has 1 aliphatic rings. The third kappa shape index (κ3) is 2.80. The van der Waals surface area contributed by atoms with E-state index in [1.165, 1.54) is 25.9 Å². The number of likely N-dealkylation sites (tertiary alicyclic amines) is 1. The lowest BCUT2D eigenvalue weighted by Crippen LogP contribution is -2.36. The van der Waals surface area contributed by atoms with Crippen LogP contribution in [0.4, 0.5) is 0 Å². The molecule has 0 N–H and O–H groups in total. The smallest absolute Gasteiger partial charge is 0.0502 e. The van der Waals surface area contributed by atoms with Crippen LogP contribution in [0.3, 0.4) is 0 Å². The molecule has 1 atom stereocenters. The van der Waals surface area contributed by atoms with Crippen molar-refractivity contribution in [3.05, 3.63) is 6.92 Å². The van der Waals surface area contributed by atoms with E-state index in [0.29, 0.717) is 0 Å². The van der Waals surface area contributed by atoms with Crippen LogP contribution in [0.1, 0.15) is 12.8 Å². The minimum Gasteiger partial charge on any atom is -0.384 e. The topological polar surface area (TPSA) is 12.5 Å². The van der Waals surface area contributed by atoms with Crippen molar-refractivity contribution in [2.24, 2.45) is 5.92 Å². The molecule has 2 heteroatoms. The summed E-state index contributed by atoms with van der Waals surface area (Å²) in [7, 11) is 1.78. The van der Waals surface area contributed by atoms with E-state index in [9.17, 15) is 0 Å². The van der Waals surface area contributed by atoms with Crippen LogP contribution in [0.2, 0.25) is 0 Å². The van der Waals surface area contributed by atoms with Crippen molar-refractivity contribution in [2.75, 3.05) is 33.4 Å². The van der Waals surface area contributed by atoms with Crippen molar-refractivity contribution in [3.8, 4) is 0 Å². The normalized spacial score (nSPS) is 27.3. The van der Waals surface area contributed by atoms with E-state index in [1.54, 1.807) is 7.11 Å². The van der Waals surface area contributed by atoms with Gasteiger partial charge < -0.3 is 9.64 Å². The molecule has 0 aromatic rings. The SMILES string of the molecule is [CH2]CN1CCC[C@@H](COC)C1. The van der Waals surface area contributed by atoms with Crippen LogP contribution in [-0.4, -0.2) is 38.3 Å². The van der Waals surface area contributed by atoms with E-state index in [4.69, 9.17) is 4.74 Å². The van der Waals surface area contributed by atoms with Gasteiger partial charge in [-0.15, -0.1) is 0 Å². The van der Waals surface area contributed by atoms with E-state index in [1.807, 2.05) is 0 Å². The molecule has 11 heavy (non-hydrogen) atoms. The number of piperidine rings is 1. The molecule has 65 valence electrons. The van der Waals surface area contributed by atoms with Crippen LogP contribution in [-0.2, 0) is 4.74 Å². The highest BCUT2D eigenvalue weighted by atomic mass is 16.5. The second-order valence-corrected chi connectivity index (χ2v) is 3.26. The van der Waals surface area contributed by atoms with Crippen molar-refractivity contribution in [3.63, 3.8) is 0 Å². The summed E-state index contributed by atoms with van der Waals surface area (Å²) in [6.45, 7) is 8.15. The van der Waals surface area contributed by atoms with Gasteiger partial charge in [-0.05, 0) is 38.8 Å². The Labute approximate surface area is 69.5 Å². The van der Waals surface area contributed by atoms with Gasteiger partial charge in [0.05, 0.1) is 6.61 Å². The maximum Gasteiger partial charge on any atom is 0.0502 e. The second kappa shape index (κ2) is 4.73. The summed E-state index contributed by atoms with van der Waals surface area (Å²) in [4.78, 5) is 2.40. The first kappa shape index (κ1) is 9.01. The molecular formula is C9H18NO. The fourth-order valence-electron chi connectivity index (χ4n) is 1.73. The number of hydrogen-bond acceptors (Lipinski definition) is 2. The molecular weight excluding hydrogens is 138 g/mol. The van der Waals surface area contributed by atoms with Crippen LogP contribution < -0.4 is 0 Å². The van der Waals surface area contributed by atoms with E-state index >= 15 is 0 Å². The van der Waals surface area contributed by atoms with Crippen molar-refractivity contribution < 1.29 is 4.74 Å². The average molecular weight is 156 g/mol. The first-order chi connectivity index (χ1) is 5.36. The first-order valence-corrected chi connectivity index (χ1v) is 4.37. The zero-order chi connectivity index (χ0) is 8.10. The molecule has 1 rings (SSSR count). The summed E-state index contributed by atoms with van der Waals surface area (Å²) >= 11 is 0. The van der Waals surface area contributed by atoms with Gasteiger partial charge >= 0.3 is 0 Å². The Morgan fingerprint density at radius 3 is 3.09 bits per heavy atom. The van der Waals surface area contributed by atoms with Crippen molar-refractivity contribution >= 4 is 0 Å². The molecule has 0 saturated carbocycles. The zero-order valence-electron chi connectivity index (χ0n) is 7.38. The molecule has 0 aromatic heterocycles. The van der Waals surface area contributed by atoms with Gasteiger partial charge in [-0.1, -0.05) is 0 Å². The lowest BCUT2D eigenvalue weighted by Gasteiger charge is -2.31. The number of nitrogens with zero attached hydrogens (tertiary/aromatic N) is 1. The molecule has 0 spiro atoms. The van der Waals surface area contributed by atoms with Gasteiger partial charge in [0, 0.05) is 13.7 Å². The summed E-state index contributed by atoms with van der Waals surface area (Å²) in [5.74, 6) is 0.746. The Balaban J connectivity index is 2.21. The highest BCUT2D eigenvalue weighted by Gasteiger charge is 2.17. The zero-order valence-corrected chi connectivity index (χ0v) is 7.38. The Bertz CT molecular complexity index is 104. The summed E-state index contributed by atoms with van der Waals surface area (Å²) in [5, 5.41) is 0. The number of ether oxygens (including phenoxy) is 1. The van der Waals surface area contributed by atoms with Gasteiger partial charge in [-0.2, -0.15) is 0 Å². The third-order valence-corrected chi connectivity index (χ3v) is 2.32. The van der Waals surface area contributed by atoms with Crippen molar-refractivity contribution in [2.45, 2.75) is 12.8 Å². The van der Waals surface area contributed by atoms with E-state index in [0.717, 1.165) is 19.1 Å². The fraction of sp³-hybridized carbons (Fsp3) is 0.889. The molecule has 0 aliphatic carbocycles. The Morgan fingerprint density at radius 1 is 1.64 bits per heavy atom. The second-order valence-electron chi connectivity index (χ2n) is 3.26. The molecule has 2 nitrogen and oxygen atoms in total. The van der Waals surface area contributed by atoms with Gasteiger partial charge in [-0.25, -0.2) is 0 Å². The maximum atomic E-state index is 5.13. The van der Waals surface area contributed by atoms with Gasteiger partial charge in [0.2, 0.25) is 0 Å². The Kier molecular flexibility index (Phi) is 3.87. The maximum absolute atomic E-state index is 5.13. The van der Waals surface area contributed by atoms with Crippen LogP contribution >= 0.6 is 0 Å². The lowest BCUT2D eigenvalue weighted by atomic mass is 9.99. The molecule has 1 heterocycles. The van der Waals surface area contributed by atoms with Crippen LogP contribution in [0.15, 0.2) is 0 Å². The number of methoxy groups -OCH3 is 1. The minimum atomic E-state index is 0.746. The molecule has 0 amide bonds. The molecule has 1 saturated heterocycles. The average Bonchev–Trinajstić information content (AvgIpc) is 2.06. The summed E-state index contributed by atoms with van der Waals surface area (Å²) in [5.41, 5.74) is 0. The monoisotopic (exact) mass is 156 g/mol. The molecule has 0 bridgehead atoms. The van der Waals surface area contributed by atoms with E-state index in [2.05, 4.69) is 11.8 Å². The van der Waals surface area contributed by atoms with Gasteiger partial charge in [0.25, 0.3) is 0 Å². The summed E-state index contributed by atoms with van der Waals surface area (Å²) < 4.78 is 5.13. The van der Waals surface area contributed by atoms with E-state index in [-0.39, 0.29) is 0 Å². The van der Waals surface area contributed by atoms with E-state index < -0.39 is 0 Å². The molecule has 1 fully saturated rings. The lowest BCUT2D eigenvalue weighted by molar-refractivity contribution is 0.0957. The standard InChI is InChI=1S/C9H18NO/c1-3-10-6-4-5-9(7-10)8-11-2/h9H,1,3-8H2,2H3/t9-/m1/s1. The number of hydrogen-bond donors (Lipinski definition) is 0. The number of rotatable bonds is 3.